The first-order valence-electron chi connectivity index (χ1n) is 9.17. The minimum atomic E-state index is -0.0446. The van der Waals surface area contributed by atoms with Crippen molar-refractivity contribution in [3.05, 3.63) is 47.3 Å². The number of benzene rings is 1. The summed E-state index contributed by atoms with van der Waals surface area (Å²) in [4.78, 5) is 0. The van der Waals surface area contributed by atoms with E-state index in [1.807, 2.05) is 13.0 Å². The maximum absolute atomic E-state index is 13.7. The van der Waals surface area contributed by atoms with Crippen LogP contribution in [0.3, 0.4) is 0 Å². The van der Waals surface area contributed by atoms with Gasteiger partial charge in [0.25, 0.3) is 0 Å². The van der Waals surface area contributed by atoms with Gasteiger partial charge in [0.15, 0.2) is 0 Å². The quantitative estimate of drug-likeness (QED) is 0.556. The van der Waals surface area contributed by atoms with Crippen molar-refractivity contribution in [1.82, 2.24) is 0 Å². The lowest BCUT2D eigenvalue weighted by Gasteiger charge is -2.28. The van der Waals surface area contributed by atoms with Gasteiger partial charge in [-0.15, -0.1) is 0 Å². The normalized spacial score (nSPS) is 27.4. The Kier molecular flexibility index (Phi) is 5.33. The summed E-state index contributed by atoms with van der Waals surface area (Å²) in [5, 5.41) is 0. The second-order valence-corrected chi connectivity index (χ2v) is 7.40. The molecule has 1 aromatic rings. The van der Waals surface area contributed by atoms with E-state index in [1.54, 1.807) is 6.07 Å². The van der Waals surface area contributed by atoms with Crippen molar-refractivity contribution in [1.29, 1.82) is 0 Å². The van der Waals surface area contributed by atoms with Gasteiger partial charge < -0.3 is 0 Å². The lowest BCUT2D eigenvalue weighted by Crippen LogP contribution is -2.12. The molecule has 0 spiro atoms. The van der Waals surface area contributed by atoms with Crippen LogP contribution in [0.5, 0.6) is 0 Å². The summed E-state index contributed by atoms with van der Waals surface area (Å²) in [7, 11) is 0. The lowest BCUT2D eigenvalue weighted by atomic mass is 9.78. The summed E-state index contributed by atoms with van der Waals surface area (Å²) < 4.78 is 13.7. The van der Waals surface area contributed by atoms with E-state index in [0.29, 0.717) is 5.92 Å². The molecule has 0 heterocycles. The number of hydrogen-bond acceptors (Lipinski definition) is 0. The second kappa shape index (κ2) is 7.44. The van der Waals surface area contributed by atoms with Crippen molar-refractivity contribution in [3.63, 3.8) is 0 Å². The van der Waals surface area contributed by atoms with E-state index < -0.39 is 0 Å². The van der Waals surface area contributed by atoms with E-state index >= 15 is 0 Å². The third-order valence-corrected chi connectivity index (χ3v) is 5.74. The Morgan fingerprint density at radius 1 is 0.864 bits per heavy atom. The van der Waals surface area contributed by atoms with Crippen LogP contribution in [0.2, 0.25) is 0 Å². The highest BCUT2D eigenvalue weighted by molar-refractivity contribution is 5.26. The van der Waals surface area contributed by atoms with Crippen molar-refractivity contribution in [2.75, 3.05) is 0 Å². The van der Waals surface area contributed by atoms with Gasteiger partial charge in [-0.2, -0.15) is 0 Å². The second-order valence-electron chi connectivity index (χ2n) is 7.40. The van der Waals surface area contributed by atoms with Crippen molar-refractivity contribution in [2.24, 2.45) is 11.8 Å². The first-order valence-corrected chi connectivity index (χ1v) is 9.17. The molecule has 22 heavy (non-hydrogen) atoms. The zero-order valence-corrected chi connectivity index (χ0v) is 13.9. The highest BCUT2D eigenvalue weighted by Crippen LogP contribution is 2.37. The highest BCUT2D eigenvalue weighted by atomic mass is 19.1. The Morgan fingerprint density at radius 3 is 2.14 bits per heavy atom. The lowest BCUT2D eigenvalue weighted by molar-refractivity contribution is 0.369. The van der Waals surface area contributed by atoms with E-state index in [0.717, 1.165) is 17.4 Å². The summed E-state index contributed by atoms with van der Waals surface area (Å²) in [5.41, 5.74) is 1.96. The molecular formula is C21H29F. The molecule has 1 heteroatoms. The van der Waals surface area contributed by atoms with Crippen LogP contribution in [0.1, 0.15) is 74.8 Å². The van der Waals surface area contributed by atoms with Crippen LogP contribution < -0.4 is 0 Å². The third kappa shape index (κ3) is 4.00. The van der Waals surface area contributed by atoms with Gasteiger partial charge in [0.1, 0.15) is 5.82 Å². The molecule has 0 radical (unpaired) electrons. The third-order valence-electron chi connectivity index (χ3n) is 5.74. The molecule has 0 N–H and O–H groups in total. The summed E-state index contributed by atoms with van der Waals surface area (Å²) >= 11 is 0. The molecule has 2 fully saturated rings. The van der Waals surface area contributed by atoms with Gasteiger partial charge in [-0.1, -0.05) is 43.5 Å². The summed E-state index contributed by atoms with van der Waals surface area (Å²) in [5.74, 6) is 2.12. The Labute approximate surface area is 134 Å². The maximum Gasteiger partial charge on any atom is 0.126 e. The average molecular weight is 300 g/mol. The van der Waals surface area contributed by atoms with Crippen molar-refractivity contribution in [2.45, 2.75) is 70.6 Å². The van der Waals surface area contributed by atoms with E-state index in [-0.39, 0.29) is 5.82 Å². The molecular weight excluding hydrogens is 271 g/mol. The molecule has 0 amide bonds. The number of hydrogen-bond donors (Lipinski definition) is 0. The van der Waals surface area contributed by atoms with Gasteiger partial charge in [0.2, 0.25) is 0 Å². The zero-order valence-electron chi connectivity index (χ0n) is 13.9. The predicted molar refractivity (Wildman–Crippen MR) is 91.6 cm³/mol. The summed E-state index contributed by atoms with van der Waals surface area (Å²) in [6.45, 7) is 1.84. The van der Waals surface area contributed by atoms with Crippen LogP contribution in [0.4, 0.5) is 4.39 Å². The molecule has 0 saturated heterocycles. The molecule has 0 unspecified atom stereocenters. The van der Waals surface area contributed by atoms with Gasteiger partial charge in [0, 0.05) is 0 Å². The van der Waals surface area contributed by atoms with Crippen molar-refractivity contribution in [3.8, 4) is 0 Å². The molecule has 0 bridgehead atoms. The minimum Gasteiger partial charge on any atom is -0.207 e. The standard InChI is InChI=1S/C21H29F/c1-16-7-12-20(15-21(16)22)19-13-10-18(11-14-19)9-8-17-5-3-2-4-6-17/h7-9,12,15,17-19H,2-6,10-11,13-14H2,1H3. The monoisotopic (exact) mass is 300 g/mol. The molecule has 3 rings (SSSR count). The SMILES string of the molecule is Cc1ccc(C2CCC(C=CC3CCCCC3)CC2)cc1F. The molecule has 0 atom stereocenters. The first-order chi connectivity index (χ1) is 10.7. The molecule has 0 aromatic heterocycles. The molecule has 2 aliphatic carbocycles. The number of rotatable bonds is 3. The fourth-order valence-electron chi connectivity index (χ4n) is 4.15. The molecule has 0 nitrogen and oxygen atoms in total. The van der Waals surface area contributed by atoms with Gasteiger partial charge in [-0.25, -0.2) is 4.39 Å². The topological polar surface area (TPSA) is 0 Å². The fourth-order valence-corrected chi connectivity index (χ4v) is 4.15. The minimum absolute atomic E-state index is 0.0446. The van der Waals surface area contributed by atoms with E-state index in [1.165, 1.54) is 63.4 Å². The Hall–Kier alpha value is -1.11. The fraction of sp³-hybridized carbons (Fsp3) is 0.619. The van der Waals surface area contributed by atoms with Gasteiger partial charge >= 0.3 is 0 Å². The predicted octanol–water partition coefficient (Wildman–Crippen LogP) is 6.54. The highest BCUT2D eigenvalue weighted by Gasteiger charge is 2.21. The molecule has 120 valence electrons. The number of aryl methyl sites for hydroxylation is 1. The van der Waals surface area contributed by atoms with Gasteiger partial charge in [-0.05, 0) is 80.4 Å². The summed E-state index contributed by atoms with van der Waals surface area (Å²) in [6, 6.07) is 5.82. The first kappa shape index (κ1) is 15.8. The van der Waals surface area contributed by atoms with E-state index in [9.17, 15) is 4.39 Å². The van der Waals surface area contributed by atoms with Crippen LogP contribution in [0, 0.1) is 24.6 Å². The molecule has 1 aromatic carbocycles. The number of allylic oxidation sites excluding steroid dienone is 2. The molecule has 0 aliphatic heterocycles. The van der Waals surface area contributed by atoms with Crippen LogP contribution in [-0.2, 0) is 0 Å². The Morgan fingerprint density at radius 2 is 1.50 bits per heavy atom. The van der Waals surface area contributed by atoms with Crippen molar-refractivity contribution < 1.29 is 4.39 Å². The Bertz CT molecular complexity index is 503. The Balaban J connectivity index is 1.51. The van der Waals surface area contributed by atoms with Crippen molar-refractivity contribution >= 4 is 0 Å². The van der Waals surface area contributed by atoms with Crippen LogP contribution in [-0.4, -0.2) is 0 Å². The molecule has 2 saturated carbocycles. The van der Waals surface area contributed by atoms with Crippen LogP contribution >= 0.6 is 0 Å². The smallest absolute Gasteiger partial charge is 0.126 e. The zero-order chi connectivity index (χ0) is 15.4. The molecule has 2 aliphatic rings. The summed E-state index contributed by atoms with van der Waals surface area (Å²) in [6.07, 6.45) is 17.0. The van der Waals surface area contributed by atoms with Gasteiger partial charge in [0.05, 0.1) is 0 Å². The van der Waals surface area contributed by atoms with E-state index in [2.05, 4.69) is 18.2 Å². The average Bonchev–Trinajstić information content (AvgIpc) is 2.57. The van der Waals surface area contributed by atoms with Crippen LogP contribution in [0.15, 0.2) is 30.4 Å². The van der Waals surface area contributed by atoms with E-state index in [4.69, 9.17) is 0 Å². The van der Waals surface area contributed by atoms with Crippen LogP contribution in [0.25, 0.3) is 0 Å². The number of halogens is 1. The maximum atomic E-state index is 13.7. The van der Waals surface area contributed by atoms with Gasteiger partial charge in [-0.3, -0.25) is 0 Å². The largest absolute Gasteiger partial charge is 0.207 e.